The predicted molar refractivity (Wildman–Crippen MR) is 142 cm³/mol. The van der Waals surface area contributed by atoms with Gasteiger partial charge in [-0.15, -0.1) is 11.8 Å². The normalized spacial score (nSPS) is 10.6. The molecule has 0 radical (unpaired) electrons. The van der Waals surface area contributed by atoms with E-state index in [1.54, 1.807) is 30.3 Å². The average Bonchev–Trinajstić information content (AvgIpc) is 2.89. The lowest BCUT2D eigenvalue weighted by Gasteiger charge is -2.12. The fourth-order valence-corrected chi connectivity index (χ4v) is 3.68. The number of anilines is 1. The van der Waals surface area contributed by atoms with Crippen LogP contribution < -0.4 is 20.2 Å². The second-order valence-corrected chi connectivity index (χ2v) is 8.72. The van der Waals surface area contributed by atoms with Crippen LogP contribution in [0.5, 0.6) is 11.5 Å². The van der Waals surface area contributed by atoms with E-state index < -0.39 is 4.92 Å². The number of ether oxygens (including phenoxy) is 2. The zero-order valence-corrected chi connectivity index (χ0v) is 21.1. The summed E-state index contributed by atoms with van der Waals surface area (Å²) in [5, 5.41) is 17.4. The summed E-state index contributed by atoms with van der Waals surface area (Å²) < 4.78 is 11.3. The molecule has 3 aromatic rings. The van der Waals surface area contributed by atoms with Gasteiger partial charge in [-0.1, -0.05) is 17.7 Å². The Balaban J connectivity index is 1.50. The number of nitrogens with zero attached hydrogens (tertiary/aromatic N) is 2. The molecule has 3 aromatic carbocycles. The molecule has 0 atom stereocenters. The van der Waals surface area contributed by atoms with Crippen LogP contribution in [-0.4, -0.2) is 41.9 Å². The molecule has 2 amide bonds. The summed E-state index contributed by atoms with van der Waals surface area (Å²) in [7, 11) is 0. The number of nitrogens with one attached hydrogen (secondary N) is 2. The highest BCUT2D eigenvalue weighted by Gasteiger charge is 2.10. The zero-order chi connectivity index (χ0) is 26.6. The van der Waals surface area contributed by atoms with Gasteiger partial charge in [0.15, 0.2) is 18.1 Å². The van der Waals surface area contributed by atoms with Crippen molar-refractivity contribution in [3.05, 3.63) is 88.0 Å². The van der Waals surface area contributed by atoms with E-state index in [1.165, 1.54) is 30.1 Å². The molecule has 3 rings (SSSR count). The van der Waals surface area contributed by atoms with E-state index in [1.807, 2.05) is 38.1 Å². The summed E-state index contributed by atoms with van der Waals surface area (Å²) >= 11 is 1.24. The fourth-order valence-electron chi connectivity index (χ4n) is 2.99. The van der Waals surface area contributed by atoms with Crippen molar-refractivity contribution in [1.82, 2.24) is 5.43 Å². The third-order valence-corrected chi connectivity index (χ3v) is 5.79. The van der Waals surface area contributed by atoms with E-state index in [2.05, 4.69) is 15.8 Å². The first-order valence-corrected chi connectivity index (χ1v) is 12.3. The molecule has 0 saturated carbocycles. The summed E-state index contributed by atoms with van der Waals surface area (Å²) in [6.07, 6.45) is 1.46. The number of thioether (sulfide) groups is 1. The van der Waals surface area contributed by atoms with Gasteiger partial charge in [-0.3, -0.25) is 19.7 Å². The molecule has 0 fully saturated rings. The summed E-state index contributed by atoms with van der Waals surface area (Å²) in [6, 6.07) is 18.5. The van der Waals surface area contributed by atoms with Crippen LogP contribution in [0.3, 0.4) is 0 Å². The number of amides is 2. The maximum atomic E-state index is 12.2. The lowest BCUT2D eigenvalue weighted by Crippen LogP contribution is -2.20. The van der Waals surface area contributed by atoms with E-state index in [4.69, 9.17) is 9.47 Å². The lowest BCUT2D eigenvalue weighted by molar-refractivity contribution is -0.384. The van der Waals surface area contributed by atoms with Gasteiger partial charge in [0.05, 0.1) is 23.5 Å². The van der Waals surface area contributed by atoms with Gasteiger partial charge < -0.3 is 14.8 Å². The highest BCUT2D eigenvalue weighted by Crippen LogP contribution is 2.28. The van der Waals surface area contributed by atoms with Crippen LogP contribution in [0.15, 0.2) is 76.7 Å². The number of nitro groups is 1. The number of hydrogen-bond acceptors (Lipinski definition) is 8. The molecule has 0 spiro atoms. The number of aryl methyl sites for hydroxylation is 1. The number of hydrazone groups is 1. The first-order valence-electron chi connectivity index (χ1n) is 11.3. The monoisotopic (exact) mass is 522 g/mol. The van der Waals surface area contributed by atoms with Crippen molar-refractivity contribution in [2.75, 3.05) is 24.3 Å². The van der Waals surface area contributed by atoms with Gasteiger partial charge in [-0.2, -0.15) is 5.10 Å². The topological polar surface area (TPSA) is 132 Å². The second-order valence-electron chi connectivity index (χ2n) is 7.67. The number of carbonyl (C=O) groups is 2. The minimum Gasteiger partial charge on any atom is -0.490 e. The Bertz CT molecular complexity index is 1260. The van der Waals surface area contributed by atoms with Crippen LogP contribution >= 0.6 is 11.8 Å². The molecular weight excluding hydrogens is 496 g/mol. The third-order valence-electron chi connectivity index (χ3n) is 4.78. The van der Waals surface area contributed by atoms with Gasteiger partial charge in [0, 0.05) is 22.7 Å². The molecule has 0 aliphatic rings. The van der Waals surface area contributed by atoms with Crippen LogP contribution in [0.2, 0.25) is 0 Å². The number of benzene rings is 3. The molecule has 37 heavy (non-hydrogen) atoms. The first-order chi connectivity index (χ1) is 17.8. The minimum atomic E-state index is -0.477. The SMILES string of the molecule is CCOc1cc(/C=N\NC(=O)CSc2ccc([N+](=O)[O-])cc2)ccc1OCC(=O)Nc1ccc(C)cc1. The van der Waals surface area contributed by atoms with Crippen LogP contribution in [0.1, 0.15) is 18.1 Å². The number of non-ortho nitro benzene ring substituents is 1. The van der Waals surface area contributed by atoms with E-state index in [0.717, 1.165) is 10.5 Å². The Morgan fingerprint density at radius 3 is 2.41 bits per heavy atom. The van der Waals surface area contributed by atoms with E-state index in [9.17, 15) is 19.7 Å². The van der Waals surface area contributed by atoms with Gasteiger partial charge in [-0.25, -0.2) is 5.43 Å². The Kier molecular flexibility index (Phi) is 10.0. The minimum absolute atomic E-state index is 0.00763. The summed E-state index contributed by atoms with van der Waals surface area (Å²) in [4.78, 5) is 35.3. The Labute approximate surface area is 218 Å². The van der Waals surface area contributed by atoms with Crippen molar-refractivity contribution in [2.45, 2.75) is 18.7 Å². The van der Waals surface area contributed by atoms with Crippen molar-refractivity contribution in [3.8, 4) is 11.5 Å². The molecule has 2 N–H and O–H groups in total. The van der Waals surface area contributed by atoms with Gasteiger partial charge in [0.2, 0.25) is 5.91 Å². The Hall–Kier alpha value is -4.38. The summed E-state index contributed by atoms with van der Waals surface area (Å²) in [5.74, 6) is 0.309. The largest absolute Gasteiger partial charge is 0.490 e. The third kappa shape index (κ3) is 8.97. The molecule has 0 aromatic heterocycles. The second kappa shape index (κ2) is 13.6. The van der Waals surface area contributed by atoms with Crippen molar-refractivity contribution < 1.29 is 24.0 Å². The van der Waals surface area contributed by atoms with E-state index in [-0.39, 0.29) is 29.9 Å². The van der Waals surface area contributed by atoms with Gasteiger partial charge >= 0.3 is 0 Å². The van der Waals surface area contributed by atoms with Crippen LogP contribution in [-0.2, 0) is 9.59 Å². The van der Waals surface area contributed by atoms with Gasteiger partial charge in [-0.05, 0) is 61.9 Å². The van der Waals surface area contributed by atoms with E-state index in [0.29, 0.717) is 29.4 Å². The first kappa shape index (κ1) is 27.2. The van der Waals surface area contributed by atoms with Crippen LogP contribution in [0.4, 0.5) is 11.4 Å². The van der Waals surface area contributed by atoms with Gasteiger partial charge in [0.1, 0.15) is 0 Å². The van der Waals surface area contributed by atoms with Gasteiger partial charge in [0.25, 0.3) is 11.6 Å². The van der Waals surface area contributed by atoms with Crippen molar-refractivity contribution >= 4 is 41.2 Å². The fraction of sp³-hybridized carbons (Fsp3) is 0.192. The number of hydrogen-bond donors (Lipinski definition) is 2. The molecule has 0 heterocycles. The van der Waals surface area contributed by atoms with Crippen LogP contribution in [0, 0.1) is 17.0 Å². The summed E-state index contributed by atoms with van der Waals surface area (Å²) in [5.41, 5.74) is 4.87. The quantitative estimate of drug-likeness (QED) is 0.154. The number of carbonyl (C=O) groups excluding carboxylic acids is 2. The Morgan fingerprint density at radius 2 is 1.73 bits per heavy atom. The summed E-state index contributed by atoms with van der Waals surface area (Å²) in [6.45, 7) is 4.00. The van der Waals surface area contributed by atoms with Crippen molar-refractivity contribution in [2.24, 2.45) is 5.10 Å². The highest BCUT2D eigenvalue weighted by molar-refractivity contribution is 8.00. The molecule has 0 aliphatic heterocycles. The number of nitro benzene ring substituents is 1. The molecule has 0 saturated heterocycles. The molecule has 0 unspecified atom stereocenters. The van der Waals surface area contributed by atoms with E-state index >= 15 is 0 Å². The predicted octanol–water partition coefficient (Wildman–Crippen LogP) is 4.56. The maximum absolute atomic E-state index is 12.2. The molecule has 10 nitrogen and oxygen atoms in total. The number of rotatable bonds is 12. The molecule has 192 valence electrons. The molecular formula is C26H26N4O6S. The van der Waals surface area contributed by atoms with Crippen molar-refractivity contribution in [1.29, 1.82) is 0 Å². The molecule has 0 aliphatic carbocycles. The van der Waals surface area contributed by atoms with Crippen molar-refractivity contribution in [3.63, 3.8) is 0 Å². The Morgan fingerprint density at radius 1 is 1.00 bits per heavy atom. The molecule has 0 bridgehead atoms. The van der Waals surface area contributed by atoms with Crippen LogP contribution in [0.25, 0.3) is 0 Å². The zero-order valence-electron chi connectivity index (χ0n) is 20.3. The average molecular weight is 523 g/mol. The standard InChI is InChI=1S/C26H26N4O6S/c1-3-35-24-14-19(6-13-23(24)36-16-25(31)28-20-7-4-18(2)5-8-20)15-27-29-26(32)17-37-22-11-9-21(10-12-22)30(33)34/h4-15H,3,16-17H2,1-2H3,(H,28,31)(H,29,32)/b27-15-. The lowest BCUT2D eigenvalue weighted by atomic mass is 10.2. The smallest absolute Gasteiger partial charge is 0.269 e. The maximum Gasteiger partial charge on any atom is 0.269 e. The highest BCUT2D eigenvalue weighted by atomic mass is 32.2. The molecule has 11 heteroatoms.